The molecule has 0 bridgehead atoms. The molecule has 0 spiro atoms. The zero-order chi connectivity index (χ0) is 14.5. The molecule has 102 valence electrons. The van der Waals surface area contributed by atoms with Crippen LogP contribution in [0.3, 0.4) is 0 Å². The number of benzene rings is 2. The average molecular weight is 348 g/mol. The Kier molecular flexibility index (Phi) is 5.14. The fourth-order valence-corrected chi connectivity index (χ4v) is 4.87. The number of nitrogens with zero attached hydrogens (tertiary/aromatic N) is 1. The number of nitriles is 1. The molecule has 0 amide bonds. The summed E-state index contributed by atoms with van der Waals surface area (Å²) in [5.41, 5.74) is 8.71. The van der Waals surface area contributed by atoms with Crippen LogP contribution in [0.1, 0.15) is 11.1 Å². The topological polar surface area (TPSA) is 49.8 Å². The van der Waals surface area contributed by atoms with Gasteiger partial charge in [-0.2, -0.15) is 0 Å². The van der Waals surface area contributed by atoms with Crippen LogP contribution < -0.4 is 5.73 Å². The quantitative estimate of drug-likeness (QED) is 0.668. The Hall–Kier alpha value is -1.40. The fourth-order valence-electron chi connectivity index (χ4n) is 1.86. The number of hydrogen-bond acceptors (Lipinski definition) is 3. The Morgan fingerprint density at radius 2 is 1.90 bits per heavy atom. The molecule has 20 heavy (non-hydrogen) atoms. The molecule has 0 aliphatic rings. The molecule has 0 aromatic heterocycles. The van der Waals surface area contributed by atoms with Gasteiger partial charge >= 0.3 is 129 Å². The molecule has 2 rings (SSSR count). The molecule has 2 N–H and O–H groups in total. The van der Waals surface area contributed by atoms with Gasteiger partial charge in [0.25, 0.3) is 0 Å². The summed E-state index contributed by atoms with van der Waals surface area (Å²) in [7, 11) is 0. The summed E-state index contributed by atoms with van der Waals surface area (Å²) in [5, 5.41) is 10.1. The Morgan fingerprint density at radius 3 is 2.55 bits per heavy atom. The summed E-state index contributed by atoms with van der Waals surface area (Å²) in [6.07, 6.45) is 0. The third kappa shape index (κ3) is 3.80. The maximum absolute atomic E-state index is 8.88. The minimum absolute atomic E-state index is 0.520. The van der Waals surface area contributed by atoms with E-state index in [0.717, 1.165) is 4.90 Å². The van der Waals surface area contributed by atoms with E-state index in [0.29, 0.717) is 11.3 Å². The van der Waals surface area contributed by atoms with E-state index in [2.05, 4.69) is 42.0 Å². The molecule has 0 saturated carbocycles. The van der Waals surface area contributed by atoms with Gasteiger partial charge in [-0.1, -0.05) is 0 Å². The maximum atomic E-state index is 8.88. The average Bonchev–Trinajstić information content (AvgIpc) is 2.42. The van der Waals surface area contributed by atoms with E-state index in [1.807, 2.05) is 12.1 Å². The molecule has 0 heterocycles. The predicted octanol–water partition coefficient (Wildman–Crippen LogP) is 4.13. The number of rotatable bonds is 4. The van der Waals surface area contributed by atoms with E-state index in [1.54, 1.807) is 17.8 Å². The molecule has 0 radical (unpaired) electrons. The van der Waals surface area contributed by atoms with E-state index in [1.165, 1.54) is 15.8 Å². The van der Waals surface area contributed by atoms with Crippen LogP contribution in [0, 0.1) is 11.3 Å². The molecular weight excluding hydrogens is 331 g/mol. The van der Waals surface area contributed by atoms with Crippen molar-refractivity contribution < 1.29 is 0 Å². The van der Waals surface area contributed by atoms with E-state index in [4.69, 9.17) is 11.0 Å². The van der Waals surface area contributed by atoms with Crippen molar-refractivity contribution in [1.29, 1.82) is 5.26 Å². The molecule has 0 atom stereocenters. The van der Waals surface area contributed by atoms with Crippen LogP contribution in [0.2, 0.25) is 11.6 Å². The summed E-state index contributed by atoms with van der Waals surface area (Å²) >= 11 is 1.17. The van der Waals surface area contributed by atoms with Gasteiger partial charge in [-0.3, -0.25) is 0 Å². The van der Waals surface area contributed by atoms with E-state index >= 15 is 0 Å². The number of hydrogen-bond donors (Lipinski definition) is 1. The second-order valence-electron chi connectivity index (χ2n) is 4.70. The monoisotopic (exact) mass is 349 g/mol. The van der Waals surface area contributed by atoms with Crippen LogP contribution in [0.5, 0.6) is 0 Å². The van der Waals surface area contributed by atoms with Crippen molar-refractivity contribution in [2.45, 2.75) is 26.8 Å². The van der Waals surface area contributed by atoms with Gasteiger partial charge in [-0.25, -0.2) is 0 Å². The molecule has 0 saturated heterocycles. The zero-order valence-electron chi connectivity index (χ0n) is 11.6. The summed E-state index contributed by atoms with van der Waals surface area (Å²) < 4.78 is 0. The van der Waals surface area contributed by atoms with Gasteiger partial charge in [-0.15, -0.1) is 0 Å². The second kappa shape index (κ2) is 6.85. The Labute approximate surface area is 128 Å². The van der Waals surface area contributed by atoms with E-state index in [9.17, 15) is 0 Å². The Bertz CT molecular complexity index is 647. The van der Waals surface area contributed by atoms with Crippen molar-refractivity contribution in [2.24, 2.45) is 0 Å². The van der Waals surface area contributed by atoms with Gasteiger partial charge in [0, 0.05) is 0 Å². The van der Waals surface area contributed by atoms with Gasteiger partial charge in [0.1, 0.15) is 0 Å². The SMILES string of the molecule is C[Se+](C)Cc1ccccc1Sc1ccc(C#N)cc1N. The first-order chi connectivity index (χ1) is 9.60. The van der Waals surface area contributed by atoms with Crippen molar-refractivity contribution in [3.05, 3.63) is 53.6 Å². The Morgan fingerprint density at radius 1 is 1.15 bits per heavy atom. The molecule has 0 aliphatic carbocycles. The first-order valence-corrected chi connectivity index (χ1v) is 11.6. The Balaban J connectivity index is 2.28. The first-order valence-electron chi connectivity index (χ1n) is 6.19. The zero-order valence-corrected chi connectivity index (χ0v) is 14.1. The van der Waals surface area contributed by atoms with Gasteiger partial charge in [0.2, 0.25) is 0 Å². The van der Waals surface area contributed by atoms with Crippen LogP contribution in [0.15, 0.2) is 52.3 Å². The third-order valence-electron chi connectivity index (χ3n) is 2.78. The normalized spacial score (nSPS) is 10.5. The number of anilines is 1. The molecule has 4 heteroatoms. The summed E-state index contributed by atoms with van der Waals surface area (Å²) in [4.78, 5) is 2.28. The van der Waals surface area contributed by atoms with Gasteiger partial charge in [0.05, 0.1) is 0 Å². The number of nitrogen functional groups attached to an aromatic ring is 1. The minimum atomic E-state index is -0.520. The molecule has 0 fully saturated rings. The van der Waals surface area contributed by atoms with Gasteiger partial charge < -0.3 is 0 Å². The summed E-state index contributed by atoms with van der Waals surface area (Å²) in [6.45, 7) is 0. The molecule has 2 nitrogen and oxygen atoms in total. The van der Waals surface area contributed by atoms with Crippen molar-refractivity contribution in [2.75, 3.05) is 5.73 Å². The van der Waals surface area contributed by atoms with Crippen molar-refractivity contribution in [3.8, 4) is 6.07 Å². The molecular formula is C16H17N2SSe+. The molecule has 0 aliphatic heterocycles. The molecule has 0 unspecified atom stereocenters. The molecule has 2 aromatic rings. The van der Waals surface area contributed by atoms with Gasteiger partial charge in [0.15, 0.2) is 0 Å². The van der Waals surface area contributed by atoms with Crippen LogP contribution in [0.4, 0.5) is 5.69 Å². The van der Waals surface area contributed by atoms with Crippen molar-refractivity contribution in [1.82, 2.24) is 0 Å². The summed E-state index contributed by atoms with van der Waals surface area (Å²) in [5.74, 6) is 4.69. The summed E-state index contributed by atoms with van der Waals surface area (Å²) in [6, 6.07) is 16.1. The predicted molar refractivity (Wildman–Crippen MR) is 87.3 cm³/mol. The standard InChI is InChI=1S/C16H17N2SSe/c1-20(2)11-13-5-3-4-6-15(13)19-16-8-7-12(10-17)9-14(16)18/h3-9H,11,18H2,1-2H3/q+1. The van der Waals surface area contributed by atoms with Crippen LogP contribution in [-0.2, 0) is 5.32 Å². The van der Waals surface area contributed by atoms with Crippen LogP contribution >= 0.6 is 11.8 Å². The fraction of sp³-hybridized carbons (Fsp3) is 0.188. The third-order valence-corrected chi connectivity index (χ3v) is 5.85. The second-order valence-corrected chi connectivity index (χ2v) is 10.5. The van der Waals surface area contributed by atoms with Gasteiger partial charge in [-0.05, 0) is 0 Å². The van der Waals surface area contributed by atoms with Crippen molar-refractivity contribution in [3.63, 3.8) is 0 Å². The van der Waals surface area contributed by atoms with E-state index < -0.39 is 13.9 Å². The van der Waals surface area contributed by atoms with E-state index in [-0.39, 0.29) is 0 Å². The van der Waals surface area contributed by atoms with Crippen LogP contribution in [-0.4, -0.2) is 13.9 Å². The first kappa shape index (κ1) is 15.0. The molecule has 2 aromatic carbocycles. The van der Waals surface area contributed by atoms with Crippen LogP contribution in [0.25, 0.3) is 0 Å². The number of nitrogens with two attached hydrogens (primary N) is 1. The van der Waals surface area contributed by atoms with Crippen molar-refractivity contribution >= 4 is 31.4 Å².